The van der Waals surface area contributed by atoms with Crippen molar-refractivity contribution in [1.82, 2.24) is 0 Å². The Morgan fingerprint density at radius 3 is 2.61 bits per heavy atom. The maximum absolute atomic E-state index is 11.9. The van der Waals surface area contributed by atoms with Crippen LogP contribution >= 0.6 is 0 Å². The van der Waals surface area contributed by atoms with E-state index in [1.807, 2.05) is 0 Å². The highest BCUT2D eigenvalue weighted by molar-refractivity contribution is 6.04. The Morgan fingerprint density at radius 1 is 1.11 bits per heavy atom. The monoisotopic (exact) mass is 241 g/mol. The fourth-order valence-electron chi connectivity index (χ4n) is 1.54. The summed E-state index contributed by atoms with van der Waals surface area (Å²) in [5.41, 5.74) is 1.38. The number of phenols is 1. The smallest absolute Gasteiger partial charge is 0.255 e. The number of hydrogen-bond acceptors (Lipinski definition) is 3. The van der Waals surface area contributed by atoms with Crippen molar-refractivity contribution in [3.8, 4) is 5.75 Å². The Kier molecular flexibility index (Phi) is 3.38. The van der Waals surface area contributed by atoms with Gasteiger partial charge in [-0.05, 0) is 30.3 Å². The molecule has 0 heterocycles. The molecule has 2 aromatic rings. The van der Waals surface area contributed by atoms with Crippen LogP contribution in [0.15, 0.2) is 48.5 Å². The van der Waals surface area contributed by atoms with E-state index in [-0.39, 0.29) is 11.7 Å². The highest BCUT2D eigenvalue weighted by Gasteiger charge is 2.06. The van der Waals surface area contributed by atoms with Crippen molar-refractivity contribution in [3.63, 3.8) is 0 Å². The minimum Gasteiger partial charge on any atom is -0.508 e. The number of carbonyl (C=O) groups is 2. The quantitative estimate of drug-likeness (QED) is 0.811. The fraction of sp³-hybridized carbons (Fsp3) is 0. The number of hydrogen-bond donors (Lipinski definition) is 2. The third-order valence-corrected chi connectivity index (χ3v) is 2.39. The van der Waals surface area contributed by atoms with Crippen LogP contribution in [0.4, 0.5) is 5.69 Å². The van der Waals surface area contributed by atoms with E-state index in [0.29, 0.717) is 23.1 Å². The topological polar surface area (TPSA) is 66.4 Å². The molecule has 0 aliphatic heterocycles. The van der Waals surface area contributed by atoms with Gasteiger partial charge in [0.1, 0.15) is 12.0 Å². The Hall–Kier alpha value is -2.62. The molecular weight excluding hydrogens is 230 g/mol. The van der Waals surface area contributed by atoms with Crippen LogP contribution in [0.25, 0.3) is 0 Å². The summed E-state index contributed by atoms with van der Waals surface area (Å²) in [6.07, 6.45) is 0.712. The normalized spacial score (nSPS) is 9.78. The Labute approximate surface area is 104 Å². The second-order valence-electron chi connectivity index (χ2n) is 3.75. The van der Waals surface area contributed by atoms with Crippen molar-refractivity contribution < 1.29 is 14.7 Å². The van der Waals surface area contributed by atoms with Crippen molar-refractivity contribution >= 4 is 17.9 Å². The first-order valence-corrected chi connectivity index (χ1v) is 5.34. The van der Waals surface area contributed by atoms with Crippen molar-refractivity contribution in [1.29, 1.82) is 0 Å². The lowest BCUT2D eigenvalue weighted by atomic mass is 10.2. The van der Waals surface area contributed by atoms with Crippen LogP contribution in [-0.4, -0.2) is 17.3 Å². The lowest BCUT2D eigenvalue weighted by molar-refractivity contribution is 0.102. The van der Waals surface area contributed by atoms with Crippen LogP contribution in [-0.2, 0) is 0 Å². The van der Waals surface area contributed by atoms with Crippen molar-refractivity contribution in [2.45, 2.75) is 0 Å². The van der Waals surface area contributed by atoms with Crippen LogP contribution in [0.1, 0.15) is 20.7 Å². The van der Waals surface area contributed by atoms with E-state index in [1.165, 1.54) is 12.1 Å². The molecule has 0 radical (unpaired) electrons. The van der Waals surface area contributed by atoms with Gasteiger partial charge in [-0.3, -0.25) is 9.59 Å². The van der Waals surface area contributed by atoms with E-state index in [4.69, 9.17) is 0 Å². The molecule has 90 valence electrons. The summed E-state index contributed by atoms with van der Waals surface area (Å²) in [5, 5.41) is 11.9. The molecular formula is C14H11NO3. The minimum absolute atomic E-state index is 0.0318. The molecule has 18 heavy (non-hydrogen) atoms. The van der Waals surface area contributed by atoms with E-state index in [2.05, 4.69) is 5.32 Å². The Balaban J connectivity index is 2.18. The third kappa shape index (κ3) is 2.74. The molecule has 2 rings (SSSR count). The highest BCUT2D eigenvalue weighted by atomic mass is 16.3. The van der Waals surface area contributed by atoms with Crippen LogP contribution < -0.4 is 5.32 Å². The SMILES string of the molecule is O=Cc1cccc(NC(=O)c2cccc(O)c2)c1. The highest BCUT2D eigenvalue weighted by Crippen LogP contribution is 2.14. The van der Waals surface area contributed by atoms with Gasteiger partial charge >= 0.3 is 0 Å². The van der Waals surface area contributed by atoms with Crippen molar-refractivity contribution in [2.24, 2.45) is 0 Å². The third-order valence-electron chi connectivity index (χ3n) is 2.39. The summed E-state index contributed by atoms with van der Waals surface area (Å²) in [4.78, 5) is 22.5. The number of phenolic OH excluding ortho intramolecular Hbond substituents is 1. The summed E-state index contributed by atoms with van der Waals surface area (Å²) in [6.45, 7) is 0. The van der Waals surface area contributed by atoms with E-state index in [9.17, 15) is 14.7 Å². The predicted octanol–water partition coefficient (Wildman–Crippen LogP) is 2.46. The molecule has 0 spiro atoms. The molecule has 0 saturated carbocycles. The molecule has 2 aromatic carbocycles. The number of carbonyl (C=O) groups excluding carboxylic acids is 2. The molecule has 0 saturated heterocycles. The van der Waals surface area contributed by atoms with Gasteiger partial charge in [0.05, 0.1) is 0 Å². The summed E-state index contributed by atoms with van der Waals surface area (Å²) < 4.78 is 0. The first-order chi connectivity index (χ1) is 8.69. The molecule has 0 aromatic heterocycles. The molecule has 0 unspecified atom stereocenters. The van der Waals surface area contributed by atoms with Gasteiger partial charge in [-0.1, -0.05) is 18.2 Å². The lowest BCUT2D eigenvalue weighted by Gasteiger charge is -2.05. The average Bonchev–Trinajstić information content (AvgIpc) is 2.39. The van der Waals surface area contributed by atoms with Gasteiger partial charge in [0.15, 0.2) is 0 Å². The number of rotatable bonds is 3. The van der Waals surface area contributed by atoms with E-state index >= 15 is 0 Å². The Bertz CT molecular complexity index is 593. The number of nitrogens with one attached hydrogen (secondary N) is 1. The molecule has 0 fully saturated rings. The number of aldehydes is 1. The molecule has 0 aliphatic carbocycles. The zero-order valence-corrected chi connectivity index (χ0v) is 9.46. The van der Waals surface area contributed by atoms with Crippen LogP contribution in [0.2, 0.25) is 0 Å². The molecule has 0 bridgehead atoms. The molecule has 1 amide bonds. The maximum Gasteiger partial charge on any atom is 0.255 e. The Morgan fingerprint density at radius 2 is 1.89 bits per heavy atom. The molecule has 2 N–H and O–H groups in total. The summed E-state index contributed by atoms with van der Waals surface area (Å²) in [6, 6.07) is 12.6. The minimum atomic E-state index is -0.339. The summed E-state index contributed by atoms with van der Waals surface area (Å²) >= 11 is 0. The standard InChI is InChI=1S/C14H11NO3/c16-9-10-3-1-5-12(7-10)15-14(18)11-4-2-6-13(17)8-11/h1-9,17H,(H,15,18). The van der Waals surface area contributed by atoms with E-state index < -0.39 is 0 Å². The van der Waals surface area contributed by atoms with Gasteiger partial charge in [0.2, 0.25) is 0 Å². The van der Waals surface area contributed by atoms with Crippen LogP contribution in [0.3, 0.4) is 0 Å². The number of anilines is 1. The summed E-state index contributed by atoms with van der Waals surface area (Å²) in [5.74, 6) is -0.307. The molecule has 0 atom stereocenters. The average molecular weight is 241 g/mol. The van der Waals surface area contributed by atoms with Gasteiger partial charge in [-0.15, -0.1) is 0 Å². The van der Waals surface area contributed by atoms with Gasteiger partial charge in [-0.2, -0.15) is 0 Å². The van der Waals surface area contributed by atoms with Gasteiger partial charge in [-0.25, -0.2) is 0 Å². The molecule has 0 aliphatic rings. The molecule has 4 heteroatoms. The fourth-order valence-corrected chi connectivity index (χ4v) is 1.54. The van der Waals surface area contributed by atoms with Crippen molar-refractivity contribution in [3.05, 3.63) is 59.7 Å². The van der Waals surface area contributed by atoms with Crippen molar-refractivity contribution in [2.75, 3.05) is 5.32 Å². The first-order valence-electron chi connectivity index (χ1n) is 5.34. The first kappa shape index (κ1) is 11.9. The zero-order valence-electron chi connectivity index (χ0n) is 9.46. The van der Waals surface area contributed by atoms with Gasteiger partial charge < -0.3 is 10.4 Å². The van der Waals surface area contributed by atoms with E-state index in [1.54, 1.807) is 36.4 Å². The molecule has 4 nitrogen and oxygen atoms in total. The summed E-state index contributed by atoms with van der Waals surface area (Å²) in [7, 11) is 0. The predicted molar refractivity (Wildman–Crippen MR) is 67.9 cm³/mol. The number of amides is 1. The van der Waals surface area contributed by atoms with E-state index in [0.717, 1.165) is 0 Å². The zero-order chi connectivity index (χ0) is 13.0. The second-order valence-corrected chi connectivity index (χ2v) is 3.75. The van der Waals surface area contributed by atoms with Crippen LogP contribution in [0, 0.1) is 0 Å². The second kappa shape index (κ2) is 5.14. The van der Waals surface area contributed by atoms with Gasteiger partial charge in [0, 0.05) is 16.8 Å². The maximum atomic E-state index is 11.9. The van der Waals surface area contributed by atoms with Crippen LogP contribution in [0.5, 0.6) is 5.75 Å². The number of aromatic hydroxyl groups is 1. The largest absolute Gasteiger partial charge is 0.508 e. The van der Waals surface area contributed by atoms with Gasteiger partial charge in [0.25, 0.3) is 5.91 Å². The lowest BCUT2D eigenvalue weighted by Crippen LogP contribution is -2.11. The number of benzene rings is 2.